The van der Waals surface area contributed by atoms with Crippen molar-refractivity contribution in [2.45, 2.75) is 51.3 Å². The number of benzene rings is 2. The Morgan fingerprint density at radius 2 is 1.75 bits per heavy atom. The van der Waals surface area contributed by atoms with Crippen LogP contribution < -0.4 is 15.4 Å². The number of carbonyl (C=O) groups is 4. The van der Waals surface area contributed by atoms with Gasteiger partial charge in [0.1, 0.15) is 17.4 Å². The van der Waals surface area contributed by atoms with Crippen LogP contribution in [0.1, 0.15) is 45.2 Å². The minimum absolute atomic E-state index is 0.272. The number of carbonyl (C=O) groups excluding carboxylic acids is 3. The second-order valence-electron chi connectivity index (χ2n) is 9.37. The van der Waals surface area contributed by atoms with Crippen molar-refractivity contribution in [3.8, 4) is 5.75 Å². The average Bonchev–Trinajstić information content (AvgIpc) is 3.27. The molecule has 3 N–H and O–H groups in total. The molecule has 3 amide bonds. The molecule has 0 spiro atoms. The van der Waals surface area contributed by atoms with Gasteiger partial charge in [-0.25, -0.2) is 14.4 Å². The van der Waals surface area contributed by atoms with Gasteiger partial charge in [-0.3, -0.25) is 4.79 Å². The minimum Gasteiger partial charge on any atom is -0.482 e. The molecule has 1 heterocycles. The third-order valence-electron chi connectivity index (χ3n) is 5.39. The zero-order valence-corrected chi connectivity index (χ0v) is 20.5. The number of esters is 1. The summed E-state index contributed by atoms with van der Waals surface area (Å²) in [7, 11) is 0. The minimum atomic E-state index is -1.12. The quantitative estimate of drug-likeness (QED) is 0.476. The largest absolute Gasteiger partial charge is 0.482 e. The van der Waals surface area contributed by atoms with Gasteiger partial charge < -0.3 is 30.1 Å². The zero-order valence-electron chi connectivity index (χ0n) is 20.5. The molecule has 0 bridgehead atoms. The molecule has 0 aliphatic carbocycles. The molecule has 2 aromatic carbocycles. The third kappa shape index (κ3) is 7.46. The number of hydrogen-bond acceptors (Lipinski definition) is 6. The van der Waals surface area contributed by atoms with E-state index in [1.54, 1.807) is 39.0 Å². The molecule has 0 saturated carbocycles. The fourth-order valence-electron chi connectivity index (χ4n) is 3.99. The maximum atomic E-state index is 13.3. The lowest BCUT2D eigenvalue weighted by Gasteiger charge is -2.31. The van der Waals surface area contributed by atoms with Crippen molar-refractivity contribution in [2.75, 3.05) is 18.5 Å². The van der Waals surface area contributed by atoms with E-state index in [2.05, 4.69) is 10.6 Å². The Morgan fingerprint density at radius 3 is 2.42 bits per heavy atom. The number of carboxylic acid groups (broad SMARTS) is 1. The number of ether oxygens (including phenoxy) is 2. The Bertz CT molecular complexity index is 1100. The summed E-state index contributed by atoms with van der Waals surface area (Å²) < 4.78 is 10.7. The predicted molar refractivity (Wildman–Crippen MR) is 131 cm³/mol. The molecule has 1 saturated heterocycles. The van der Waals surface area contributed by atoms with Crippen molar-refractivity contribution < 1.29 is 33.8 Å². The number of anilines is 1. The predicted octanol–water partition coefficient (Wildman–Crippen LogP) is 3.35. The Morgan fingerprint density at radius 1 is 1.03 bits per heavy atom. The van der Waals surface area contributed by atoms with Crippen LogP contribution in [0.2, 0.25) is 0 Å². The topological polar surface area (TPSA) is 134 Å². The molecule has 10 nitrogen and oxygen atoms in total. The van der Waals surface area contributed by atoms with Crippen molar-refractivity contribution in [3.05, 3.63) is 60.2 Å². The molecule has 1 fully saturated rings. The van der Waals surface area contributed by atoms with Gasteiger partial charge in [0.2, 0.25) is 5.91 Å². The molecule has 192 valence electrons. The number of amides is 3. The highest BCUT2D eigenvalue weighted by atomic mass is 16.6. The van der Waals surface area contributed by atoms with E-state index < -0.39 is 42.1 Å². The number of hydrogen-bond donors (Lipinski definition) is 3. The van der Waals surface area contributed by atoms with Crippen molar-refractivity contribution in [1.82, 2.24) is 10.2 Å². The number of urea groups is 1. The van der Waals surface area contributed by atoms with Crippen LogP contribution in [0, 0.1) is 0 Å². The first kappa shape index (κ1) is 26.5. The number of nitrogens with one attached hydrogen (secondary N) is 2. The molecule has 3 rings (SSSR count). The molecular weight excluding hydrogens is 466 g/mol. The molecule has 1 aliphatic rings. The van der Waals surface area contributed by atoms with E-state index in [1.807, 2.05) is 30.3 Å². The molecule has 36 heavy (non-hydrogen) atoms. The summed E-state index contributed by atoms with van der Waals surface area (Å²) in [5.74, 6) is -1.73. The van der Waals surface area contributed by atoms with Gasteiger partial charge in [0.25, 0.3) is 0 Å². The van der Waals surface area contributed by atoms with Crippen LogP contribution in [0.15, 0.2) is 54.6 Å². The maximum Gasteiger partial charge on any atom is 0.341 e. The fraction of sp³-hybridized carbons (Fsp3) is 0.385. The number of aliphatic carboxylic acids is 1. The number of nitrogens with zero attached hydrogens (tertiary/aromatic N) is 1. The number of likely N-dealkylation sites (tertiary alicyclic amines) is 1. The van der Waals surface area contributed by atoms with Gasteiger partial charge >= 0.3 is 18.0 Å². The lowest BCUT2D eigenvalue weighted by molar-refractivity contribution is -0.164. The molecule has 10 heteroatoms. The van der Waals surface area contributed by atoms with Crippen LogP contribution >= 0.6 is 0 Å². The van der Waals surface area contributed by atoms with E-state index >= 15 is 0 Å². The van der Waals surface area contributed by atoms with Crippen LogP contribution in [-0.4, -0.2) is 58.7 Å². The molecule has 0 aromatic heterocycles. The van der Waals surface area contributed by atoms with E-state index in [1.165, 1.54) is 11.0 Å². The van der Waals surface area contributed by atoms with Crippen LogP contribution in [0.3, 0.4) is 0 Å². The molecule has 2 unspecified atom stereocenters. The fourth-order valence-corrected chi connectivity index (χ4v) is 3.99. The third-order valence-corrected chi connectivity index (χ3v) is 5.39. The normalized spacial score (nSPS) is 17.2. The highest BCUT2D eigenvalue weighted by Crippen LogP contribution is 2.37. The summed E-state index contributed by atoms with van der Waals surface area (Å²) in [4.78, 5) is 50.8. The van der Waals surface area contributed by atoms with E-state index in [0.717, 1.165) is 5.56 Å². The van der Waals surface area contributed by atoms with E-state index in [0.29, 0.717) is 18.5 Å². The standard InChI is InChI=1S/C26H31N3O7/c1-26(2,3)36-24(33)21-13-12-20(17-8-5-4-6-9-17)29(21)22(30)15-27-25(34)28-18-10-7-11-19(14-18)35-16-23(31)32/h4-11,14,20-21H,12-13,15-16H2,1-3H3,(H,31,32)(H2,27,28,34). The lowest BCUT2D eigenvalue weighted by atomic mass is 10.0. The Balaban J connectivity index is 1.67. The Kier molecular flexibility index (Phi) is 8.52. The average molecular weight is 498 g/mol. The second-order valence-corrected chi connectivity index (χ2v) is 9.37. The van der Waals surface area contributed by atoms with Crippen LogP contribution in [0.25, 0.3) is 0 Å². The lowest BCUT2D eigenvalue weighted by Crippen LogP contribution is -2.48. The highest BCUT2D eigenvalue weighted by molar-refractivity contribution is 5.93. The van der Waals surface area contributed by atoms with Gasteiger partial charge in [-0.1, -0.05) is 36.4 Å². The zero-order chi connectivity index (χ0) is 26.3. The summed E-state index contributed by atoms with van der Waals surface area (Å²) in [6.07, 6.45) is 1.05. The maximum absolute atomic E-state index is 13.3. The summed E-state index contributed by atoms with van der Waals surface area (Å²) in [5.41, 5.74) is 0.564. The molecule has 0 radical (unpaired) electrons. The molecular formula is C26H31N3O7. The van der Waals surface area contributed by atoms with E-state index in [4.69, 9.17) is 14.6 Å². The van der Waals surface area contributed by atoms with Gasteiger partial charge in [0.15, 0.2) is 6.61 Å². The Hall–Kier alpha value is -4.08. The SMILES string of the molecule is CC(C)(C)OC(=O)C1CCC(c2ccccc2)N1C(=O)CNC(=O)Nc1cccc(OCC(=O)O)c1. The Labute approximate surface area is 209 Å². The van der Waals surface area contributed by atoms with E-state index in [-0.39, 0.29) is 18.3 Å². The van der Waals surface area contributed by atoms with Crippen molar-refractivity contribution in [1.29, 1.82) is 0 Å². The van der Waals surface area contributed by atoms with Gasteiger partial charge in [0.05, 0.1) is 12.6 Å². The monoisotopic (exact) mass is 497 g/mol. The van der Waals surface area contributed by atoms with Gasteiger partial charge in [-0.05, 0) is 51.3 Å². The van der Waals surface area contributed by atoms with Crippen molar-refractivity contribution in [3.63, 3.8) is 0 Å². The van der Waals surface area contributed by atoms with Gasteiger partial charge in [-0.15, -0.1) is 0 Å². The second kappa shape index (κ2) is 11.6. The first-order chi connectivity index (χ1) is 17.0. The number of rotatable bonds is 8. The summed E-state index contributed by atoms with van der Waals surface area (Å²) in [6, 6.07) is 13.9. The van der Waals surface area contributed by atoms with Crippen molar-refractivity contribution >= 4 is 29.6 Å². The first-order valence-corrected chi connectivity index (χ1v) is 11.6. The summed E-state index contributed by atoms with van der Waals surface area (Å²) >= 11 is 0. The molecule has 2 atom stereocenters. The summed E-state index contributed by atoms with van der Waals surface area (Å²) in [5, 5.41) is 13.8. The molecule has 2 aromatic rings. The molecule has 1 aliphatic heterocycles. The van der Waals surface area contributed by atoms with Crippen LogP contribution in [-0.2, 0) is 19.1 Å². The van der Waals surface area contributed by atoms with Crippen LogP contribution in [0.4, 0.5) is 10.5 Å². The highest BCUT2D eigenvalue weighted by Gasteiger charge is 2.43. The van der Waals surface area contributed by atoms with Gasteiger partial charge in [-0.2, -0.15) is 0 Å². The number of carboxylic acids is 1. The van der Waals surface area contributed by atoms with Crippen LogP contribution in [0.5, 0.6) is 5.75 Å². The first-order valence-electron chi connectivity index (χ1n) is 11.6. The van der Waals surface area contributed by atoms with Crippen molar-refractivity contribution in [2.24, 2.45) is 0 Å². The van der Waals surface area contributed by atoms with Gasteiger partial charge in [0, 0.05) is 11.8 Å². The smallest absolute Gasteiger partial charge is 0.341 e. The van der Waals surface area contributed by atoms with E-state index in [9.17, 15) is 19.2 Å². The summed E-state index contributed by atoms with van der Waals surface area (Å²) in [6.45, 7) is 4.47.